The number of fused-ring (bicyclic) bond motifs is 1. The molecule has 2 aromatic rings. The number of nitrogen functional groups attached to an aromatic ring is 1. The molecule has 1 amide bonds. The van der Waals surface area contributed by atoms with Crippen molar-refractivity contribution in [3.63, 3.8) is 0 Å². The van der Waals surface area contributed by atoms with Crippen molar-refractivity contribution in [1.82, 2.24) is 19.8 Å². The zero-order valence-electron chi connectivity index (χ0n) is 13.9. The van der Waals surface area contributed by atoms with E-state index in [0.29, 0.717) is 51.4 Å². The number of carbonyl (C=O) groups excluding carboxylic acids is 1. The molecule has 1 aliphatic rings. The summed E-state index contributed by atoms with van der Waals surface area (Å²) in [7, 11) is 0. The highest BCUT2D eigenvalue weighted by atomic mass is 16.4. The Kier molecular flexibility index (Phi) is 5.08. The zero-order chi connectivity index (χ0) is 17.8. The van der Waals surface area contributed by atoms with Gasteiger partial charge in [0.2, 0.25) is 0 Å². The first kappa shape index (κ1) is 17.1. The Morgan fingerprint density at radius 3 is 2.64 bits per heavy atom. The van der Waals surface area contributed by atoms with Gasteiger partial charge in [-0.25, -0.2) is 14.8 Å². The first-order chi connectivity index (χ1) is 12.0. The first-order valence-electron chi connectivity index (χ1n) is 8.24. The fourth-order valence-electron chi connectivity index (χ4n) is 3.00. The molecule has 3 rings (SSSR count). The van der Waals surface area contributed by atoms with Crippen molar-refractivity contribution in [1.29, 1.82) is 0 Å². The molecule has 0 atom stereocenters. The van der Waals surface area contributed by atoms with Crippen LogP contribution in [-0.2, 0) is 11.2 Å². The highest BCUT2D eigenvalue weighted by Crippen LogP contribution is 2.18. The van der Waals surface area contributed by atoms with Crippen molar-refractivity contribution in [2.24, 2.45) is 0 Å². The Morgan fingerprint density at radius 1 is 1.16 bits per heavy atom. The molecule has 1 fully saturated rings. The number of carbonyl (C=O) groups is 2. The Balaban J connectivity index is 1.51. The zero-order valence-corrected chi connectivity index (χ0v) is 13.9. The second kappa shape index (κ2) is 7.43. The quantitative estimate of drug-likeness (QED) is 0.833. The molecule has 2 heterocycles. The van der Waals surface area contributed by atoms with Crippen LogP contribution in [0.25, 0.3) is 10.9 Å². The summed E-state index contributed by atoms with van der Waals surface area (Å²) in [6.45, 7) is 3.00. The maximum Gasteiger partial charge on any atom is 0.407 e. The predicted molar refractivity (Wildman–Crippen MR) is 93.3 cm³/mol. The second-order valence-corrected chi connectivity index (χ2v) is 6.19. The van der Waals surface area contributed by atoms with E-state index in [-0.39, 0.29) is 5.78 Å². The lowest BCUT2D eigenvalue weighted by Gasteiger charge is -2.32. The van der Waals surface area contributed by atoms with Crippen molar-refractivity contribution in [2.75, 3.05) is 38.5 Å². The molecule has 0 aliphatic carbocycles. The van der Waals surface area contributed by atoms with Crippen molar-refractivity contribution in [2.45, 2.75) is 12.8 Å². The average molecular weight is 343 g/mol. The molecule has 1 aromatic heterocycles. The summed E-state index contributed by atoms with van der Waals surface area (Å²) in [5.74, 6) is 0.588. The van der Waals surface area contributed by atoms with E-state index in [0.717, 1.165) is 16.5 Å². The van der Waals surface area contributed by atoms with Gasteiger partial charge in [0.15, 0.2) is 0 Å². The molecule has 0 saturated carbocycles. The number of rotatable bonds is 5. The van der Waals surface area contributed by atoms with E-state index in [1.54, 1.807) is 0 Å². The van der Waals surface area contributed by atoms with Crippen molar-refractivity contribution >= 4 is 28.6 Å². The summed E-state index contributed by atoms with van der Waals surface area (Å²) in [6.07, 6.45) is 1.35. The van der Waals surface area contributed by atoms with Gasteiger partial charge in [0.25, 0.3) is 0 Å². The first-order valence-corrected chi connectivity index (χ1v) is 8.24. The molecule has 132 valence electrons. The monoisotopic (exact) mass is 343 g/mol. The SMILES string of the molecule is Nc1ncnc2cc(CC(=O)CCN3CCN(C(=O)O)CC3)ccc12. The van der Waals surface area contributed by atoms with E-state index in [9.17, 15) is 9.59 Å². The molecule has 0 unspecified atom stereocenters. The maximum absolute atomic E-state index is 12.2. The Bertz CT molecular complexity index is 787. The molecule has 0 spiro atoms. The minimum absolute atomic E-state index is 0.155. The van der Waals surface area contributed by atoms with Crippen LogP contribution >= 0.6 is 0 Å². The van der Waals surface area contributed by atoms with E-state index >= 15 is 0 Å². The standard InChI is InChI=1S/C17H21N5O3/c18-16-14-2-1-12(10-15(14)19-11-20-16)9-13(23)3-4-21-5-7-22(8-6-21)17(24)25/h1-2,10-11H,3-9H2,(H,24,25)(H2,18,19,20). The largest absolute Gasteiger partial charge is 0.465 e. The van der Waals surface area contributed by atoms with Crippen LogP contribution in [0.3, 0.4) is 0 Å². The molecular weight excluding hydrogens is 322 g/mol. The van der Waals surface area contributed by atoms with Gasteiger partial charge in [-0.2, -0.15) is 0 Å². The van der Waals surface area contributed by atoms with Crippen LogP contribution in [0, 0.1) is 0 Å². The summed E-state index contributed by atoms with van der Waals surface area (Å²) in [4.78, 5) is 34.8. The number of Topliss-reactive ketones (excluding diaryl/α,β-unsaturated/α-hetero) is 1. The number of nitrogens with two attached hydrogens (primary N) is 1. The molecule has 0 bridgehead atoms. The van der Waals surface area contributed by atoms with Gasteiger partial charge >= 0.3 is 6.09 Å². The van der Waals surface area contributed by atoms with E-state index in [2.05, 4.69) is 14.9 Å². The second-order valence-electron chi connectivity index (χ2n) is 6.19. The van der Waals surface area contributed by atoms with Crippen LogP contribution in [0.1, 0.15) is 12.0 Å². The molecule has 1 saturated heterocycles. The van der Waals surface area contributed by atoms with Gasteiger partial charge in [-0.3, -0.25) is 9.69 Å². The van der Waals surface area contributed by atoms with Crippen LogP contribution in [-0.4, -0.2) is 69.5 Å². The van der Waals surface area contributed by atoms with Crippen LogP contribution in [0.15, 0.2) is 24.5 Å². The molecule has 3 N–H and O–H groups in total. The van der Waals surface area contributed by atoms with E-state index in [1.165, 1.54) is 11.2 Å². The Hall–Kier alpha value is -2.74. The number of anilines is 1. The van der Waals surface area contributed by atoms with Gasteiger partial charge in [0.1, 0.15) is 17.9 Å². The molecular formula is C17H21N5O3. The highest BCUT2D eigenvalue weighted by Gasteiger charge is 2.20. The Morgan fingerprint density at radius 2 is 1.92 bits per heavy atom. The fraction of sp³-hybridized carbons (Fsp3) is 0.412. The lowest BCUT2D eigenvalue weighted by molar-refractivity contribution is -0.118. The lowest BCUT2D eigenvalue weighted by atomic mass is 10.0. The smallest absolute Gasteiger partial charge is 0.407 e. The van der Waals surface area contributed by atoms with Gasteiger partial charge in [-0.05, 0) is 17.7 Å². The number of aromatic nitrogens is 2. The maximum atomic E-state index is 12.2. The average Bonchev–Trinajstić information content (AvgIpc) is 2.60. The molecule has 1 aliphatic heterocycles. The van der Waals surface area contributed by atoms with Crippen LogP contribution < -0.4 is 5.73 Å². The minimum atomic E-state index is -0.878. The molecule has 0 radical (unpaired) electrons. The van der Waals surface area contributed by atoms with E-state index in [4.69, 9.17) is 10.8 Å². The van der Waals surface area contributed by atoms with Crippen molar-refractivity contribution in [3.05, 3.63) is 30.1 Å². The number of nitrogens with zero attached hydrogens (tertiary/aromatic N) is 4. The third-order valence-electron chi connectivity index (χ3n) is 4.48. The fourth-order valence-corrected chi connectivity index (χ4v) is 3.00. The normalized spacial score (nSPS) is 15.4. The van der Waals surface area contributed by atoms with Gasteiger partial charge in [0.05, 0.1) is 5.52 Å². The predicted octanol–water partition coefficient (Wildman–Crippen LogP) is 1.01. The van der Waals surface area contributed by atoms with Crippen molar-refractivity contribution < 1.29 is 14.7 Å². The summed E-state index contributed by atoms with van der Waals surface area (Å²) >= 11 is 0. The van der Waals surface area contributed by atoms with Crippen LogP contribution in [0.4, 0.5) is 10.6 Å². The third kappa shape index (κ3) is 4.21. The summed E-state index contributed by atoms with van der Waals surface area (Å²) in [5.41, 5.74) is 7.45. The summed E-state index contributed by atoms with van der Waals surface area (Å²) < 4.78 is 0. The molecule has 8 heteroatoms. The Labute approximate surface area is 145 Å². The van der Waals surface area contributed by atoms with Crippen LogP contribution in [0.2, 0.25) is 0 Å². The van der Waals surface area contributed by atoms with E-state index < -0.39 is 6.09 Å². The van der Waals surface area contributed by atoms with Gasteiger partial charge in [-0.1, -0.05) is 6.07 Å². The number of ketones is 1. The number of piperazine rings is 1. The topological polar surface area (TPSA) is 113 Å². The van der Waals surface area contributed by atoms with Crippen LogP contribution in [0.5, 0.6) is 0 Å². The van der Waals surface area contributed by atoms with Gasteiger partial charge < -0.3 is 15.7 Å². The van der Waals surface area contributed by atoms with Gasteiger partial charge in [0, 0.05) is 51.0 Å². The molecule has 8 nitrogen and oxygen atoms in total. The van der Waals surface area contributed by atoms with Crippen molar-refractivity contribution in [3.8, 4) is 0 Å². The third-order valence-corrected chi connectivity index (χ3v) is 4.48. The number of amides is 1. The summed E-state index contributed by atoms with van der Waals surface area (Å²) in [6, 6.07) is 5.60. The number of hydrogen-bond donors (Lipinski definition) is 2. The lowest BCUT2D eigenvalue weighted by Crippen LogP contribution is -2.48. The van der Waals surface area contributed by atoms with E-state index in [1.807, 2.05) is 18.2 Å². The highest BCUT2D eigenvalue weighted by molar-refractivity contribution is 5.89. The minimum Gasteiger partial charge on any atom is -0.465 e. The number of carboxylic acid groups (broad SMARTS) is 1. The number of benzene rings is 1. The number of hydrogen-bond acceptors (Lipinski definition) is 6. The van der Waals surface area contributed by atoms with Gasteiger partial charge in [-0.15, -0.1) is 0 Å². The summed E-state index contributed by atoms with van der Waals surface area (Å²) in [5, 5.41) is 9.72. The molecule has 1 aromatic carbocycles. The molecule has 25 heavy (non-hydrogen) atoms.